The minimum absolute atomic E-state index is 0.482. The molecule has 0 spiro atoms. The quantitative estimate of drug-likeness (QED) is 0.660. The van der Waals surface area contributed by atoms with Crippen molar-refractivity contribution in [3.63, 3.8) is 0 Å². The van der Waals surface area contributed by atoms with Crippen molar-refractivity contribution in [2.75, 3.05) is 19.0 Å². The Hall–Kier alpha value is -0.670. The summed E-state index contributed by atoms with van der Waals surface area (Å²) < 4.78 is 10.9. The maximum absolute atomic E-state index is 6.25. The van der Waals surface area contributed by atoms with Crippen molar-refractivity contribution in [3.8, 4) is 11.5 Å². The molecule has 0 aromatic heterocycles. The van der Waals surface area contributed by atoms with Crippen molar-refractivity contribution >= 4 is 33.6 Å². The zero-order valence-electron chi connectivity index (χ0n) is 11.8. The number of rotatable bonds is 6. The van der Waals surface area contributed by atoms with Crippen LogP contribution >= 0.6 is 27.5 Å². The molecule has 0 unspecified atom stereocenters. The highest BCUT2D eigenvalue weighted by Crippen LogP contribution is 2.37. The molecule has 0 amide bonds. The van der Waals surface area contributed by atoms with Crippen molar-refractivity contribution in [3.05, 3.63) is 28.3 Å². The van der Waals surface area contributed by atoms with Gasteiger partial charge in [0.1, 0.15) is 0 Å². The molecular weight excluding hydrogens is 328 g/mol. The van der Waals surface area contributed by atoms with Gasteiger partial charge in [0.05, 0.1) is 18.7 Å². The molecule has 0 aliphatic rings. The van der Waals surface area contributed by atoms with Gasteiger partial charge >= 0.3 is 0 Å². The first-order valence-corrected chi connectivity index (χ1v) is 7.80. The van der Waals surface area contributed by atoms with E-state index < -0.39 is 0 Å². The van der Waals surface area contributed by atoms with E-state index in [9.17, 15) is 0 Å². The van der Waals surface area contributed by atoms with E-state index in [1.54, 1.807) is 7.11 Å². The molecule has 2 nitrogen and oxygen atoms in total. The van der Waals surface area contributed by atoms with E-state index >= 15 is 0 Å². The summed E-state index contributed by atoms with van der Waals surface area (Å²) >= 11 is 9.76. The number of allylic oxidation sites excluding steroid dienone is 1. The molecule has 0 saturated carbocycles. The van der Waals surface area contributed by atoms with Gasteiger partial charge < -0.3 is 9.47 Å². The van der Waals surface area contributed by atoms with E-state index in [0.29, 0.717) is 29.0 Å². The monoisotopic (exact) mass is 346 g/mol. The zero-order chi connectivity index (χ0) is 14.4. The Morgan fingerprint density at radius 2 is 2.11 bits per heavy atom. The second-order valence-electron chi connectivity index (χ2n) is 4.47. The maximum atomic E-state index is 6.25. The number of ether oxygens (including phenoxy) is 2. The number of methoxy groups -OCH3 is 1. The molecule has 1 rings (SSSR count). The number of benzene rings is 1. The molecule has 4 heteroatoms. The fourth-order valence-corrected chi connectivity index (χ4v) is 2.76. The Kier molecular flexibility index (Phi) is 6.73. The average Bonchev–Trinajstić information content (AvgIpc) is 2.38. The first kappa shape index (κ1) is 16.4. The van der Waals surface area contributed by atoms with Crippen LogP contribution in [-0.2, 0) is 0 Å². The molecule has 0 bridgehead atoms. The second-order valence-corrected chi connectivity index (χ2v) is 5.44. The number of hydrogen-bond acceptors (Lipinski definition) is 2. The van der Waals surface area contributed by atoms with E-state index in [0.717, 1.165) is 10.9 Å². The summed E-state index contributed by atoms with van der Waals surface area (Å²) in [6.07, 6.45) is 2.13. The third-order valence-corrected chi connectivity index (χ3v) is 3.72. The van der Waals surface area contributed by atoms with Crippen LogP contribution in [0.3, 0.4) is 0 Å². The number of halogens is 2. The number of hydrogen-bond donors (Lipinski definition) is 0. The van der Waals surface area contributed by atoms with Gasteiger partial charge in [-0.05, 0) is 30.5 Å². The minimum atomic E-state index is 0.482. The van der Waals surface area contributed by atoms with E-state index in [4.69, 9.17) is 21.1 Å². The largest absolute Gasteiger partial charge is 0.493 e. The summed E-state index contributed by atoms with van der Waals surface area (Å²) in [5.74, 6) is 1.75. The van der Waals surface area contributed by atoms with Gasteiger partial charge in [0.2, 0.25) is 0 Å². The Bertz CT molecular complexity index is 456. The van der Waals surface area contributed by atoms with E-state index in [1.807, 2.05) is 19.1 Å². The molecular formula is C15H20BrClO2. The van der Waals surface area contributed by atoms with Crippen molar-refractivity contribution in [2.45, 2.75) is 20.8 Å². The molecule has 19 heavy (non-hydrogen) atoms. The van der Waals surface area contributed by atoms with Crippen LogP contribution in [0.1, 0.15) is 26.3 Å². The van der Waals surface area contributed by atoms with Gasteiger partial charge in [0, 0.05) is 5.33 Å². The fraction of sp³-hybridized carbons (Fsp3) is 0.467. The zero-order valence-corrected chi connectivity index (χ0v) is 14.1. The summed E-state index contributed by atoms with van der Waals surface area (Å²) in [6, 6.07) is 3.85. The summed E-state index contributed by atoms with van der Waals surface area (Å²) in [4.78, 5) is 0. The smallest absolute Gasteiger partial charge is 0.179 e. The lowest BCUT2D eigenvalue weighted by atomic mass is 10.0. The molecule has 0 radical (unpaired) electrons. The van der Waals surface area contributed by atoms with Crippen LogP contribution in [0.5, 0.6) is 11.5 Å². The highest BCUT2D eigenvalue weighted by atomic mass is 79.9. The maximum Gasteiger partial charge on any atom is 0.179 e. The lowest BCUT2D eigenvalue weighted by Crippen LogP contribution is -1.98. The third-order valence-electron chi connectivity index (χ3n) is 2.79. The van der Waals surface area contributed by atoms with Crippen LogP contribution in [0, 0.1) is 5.92 Å². The minimum Gasteiger partial charge on any atom is -0.493 e. The Morgan fingerprint density at radius 3 is 2.58 bits per heavy atom. The van der Waals surface area contributed by atoms with Crippen molar-refractivity contribution in [2.24, 2.45) is 5.92 Å². The lowest BCUT2D eigenvalue weighted by molar-refractivity contribution is 0.311. The first-order valence-electron chi connectivity index (χ1n) is 6.30. The molecule has 0 N–H and O–H groups in total. The van der Waals surface area contributed by atoms with Crippen molar-refractivity contribution in [1.29, 1.82) is 0 Å². The Balaban J connectivity index is 3.21. The molecule has 0 heterocycles. The first-order chi connectivity index (χ1) is 9.03. The SMILES string of the molecule is CCOc1c(Cl)cc(C=C(CBr)C(C)C)cc1OC. The van der Waals surface area contributed by atoms with Crippen LogP contribution in [-0.4, -0.2) is 19.0 Å². The van der Waals surface area contributed by atoms with Gasteiger partial charge in [-0.2, -0.15) is 0 Å². The summed E-state index contributed by atoms with van der Waals surface area (Å²) in [5.41, 5.74) is 2.33. The summed E-state index contributed by atoms with van der Waals surface area (Å²) in [7, 11) is 1.62. The average molecular weight is 348 g/mol. The van der Waals surface area contributed by atoms with Crippen LogP contribution in [0.2, 0.25) is 5.02 Å². The second kappa shape index (κ2) is 7.81. The third kappa shape index (κ3) is 4.43. The highest BCUT2D eigenvalue weighted by Gasteiger charge is 2.11. The van der Waals surface area contributed by atoms with Gasteiger partial charge in [0.25, 0.3) is 0 Å². The molecule has 0 aliphatic heterocycles. The lowest BCUT2D eigenvalue weighted by Gasteiger charge is -2.13. The summed E-state index contributed by atoms with van der Waals surface area (Å²) in [6.45, 7) is 6.82. The molecule has 1 aromatic carbocycles. The van der Waals surface area contributed by atoms with Gasteiger partial charge in [0.15, 0.2) is 11.5 Å². The topological polar surface area (TPSA) is 18.5 Å². The predicted molar refractivity (Wildman–Crippen MR) is 85.8 cm³/mol. The van der Waals surface area contributed by atoms with Crippen LogP contribution in [0.25, 0.3) is 6.08 Å². The molecule has 106 valence electrons. The number of alkyl halides is 1. The van der Waals surface area contributed by atoms with Crippen molar-refractivity contribution < 1.29 is 9.47 Å². The highest BCUT2D eigenvalue weighted by molar-refractivity contribution is 9.09. The fourth-order valence-electron chi connectivity index (χ4n) is 1.68. The van der Waals surface area contributed by atoms with E-state index in [1.165, 1.54) is 5.57 Å². The van der Waals surface area contributed by atoms with E-state index in [-0.39, 0.29) is 0 Å². The van der Waals surface area contributed by atoms with Crippen LogP contribution in [0.15, 0.2) is 17.7 Å². The van der Waals surface area contributed by atoms with Gasteiger partial charge in [-0.25, -0.2) is 0 Å². The van der Waals surface area contributed by atoms with Crippen LogP contribution in [0.4, 0.5) is 0 Å². The van der Waals surface area contributed by atoms with Gasteiger partial charge in [-0.1, -0.05) is 53.0 Å². The Morgan fingerprint density at radius 1 is 1.42 bits per heavy atom. The van der Waals surface area contributed by atoms with Crippen molar-refractivity contribution in [1.82, 2.24) is 0 Å². The molecule has 0 fully saturated rings. The van der Waals surface area contributed by atoms with Crippen LogP contribution < -0.4 is 9.47 Å². The molecule has 0 aliphatic carbocycles. The standard InChI is InChI=1S/C15H20BrClO2/c1-5-19-15-13(17)7-11(8-14(15)18-4)6-12(9-16)10(2)3/h6-8,10H,5,9H2,1-4H3. The normalized spacial score (nSPS) is 11.8. The predicted octanol–water partition coefficient (Wildman–Crippen LogP) is 5.18. The Labute approximate surface area is 128 Å². The molecule has 0 saturated heterocycles. The van der Waals surface area contributed by atoms with Gasteiger partial charge in [-0.15, -0.1) is 0 Å². The molecule has 1 aromatic rings. The van der Waals surface area contributed by atoms with E-state index in [2.05, 4.69) is 35.9 Å². The van der Waals surface area contributed by atoms with Gasteiger partial charge in [-0.3, -0.25) is 0 Å². The summed E-state index contributed by atoms with van der Waals surface area (Å²) in [5, 5.41) is 1.42. The molecule has 0 atom stereocenters.